The van der Waals surface area contributed by atoms with Crippen molar-refractivity contribution in [3.05, 3.63) is 61.4 Å². The summed E-state index contributed by atoms with van der Waals surface area (Å²) in [6.45, 7) is 1.48. The number of fused-ring (bicyclic) bond motifs is 1. The van der Waals surface area contributed by atoms with E-state index < -0.39 is 5.50 Å². The molecule has 0 fully saturated rings. The van der Waals surface area contributed by atoms with Gasteiger partial charge in [-0.1, -0.05) is 17.8 Å². The molecule has 1 unspecified atom stereocenters. The van der Waals surface area contributed by atoms with Crippen molar-refractivity contribution in [1.82, 2.24) is 4.90 Å². The van der Waals surface area contributed by atoms with E-state index in [9.17, 15) is 14.7 Å². The third kappa shape index (κ3) is 3.63. The van der Waals surface area contributed by atoms with Crippen molar-refractivity contribution in [3.8, 4) is 5.75 Å². The molecule has 4 rings (SSSR count). The van der Waals surface area contributed by atoms with Crippen molar-refractivity contribution in [2.75, 3.05) is 5.32 Å². The number of carbonyl (C=O) groups is 2. The summed E-state index contributed by atoms with van der Waals surface area (Å²) in [5.74, 6) is -0.262. The molecule has 2 aliphatic heterocycles. The maximum absolute atomic E-state index is 12.6. The number of nitrogens with zero attached hydrogens (tertiary/aromatic N) is 1. The Bertz CT molecular complexity index is 1110. The lowest BCUT2D eigenvalue weighted by Gasteiger charge is -2.23. The standard InChI is InChI=1S/C20H15Br2N3O3S/c1-9(26)25-17(8-29-20(25)23)11-2-3-16-12(7-11)13(19(28)24-16)4-10-5-14(21)18(27)15(22)6-10/h2-8,20,27H,23H2,1H3,(H,24,28). The van der Waals surface area contributed by atoms with Crippen LogP contribution >= 0.6 is 43.6 Å². The predicted octanol–water partition coefficient (Wildman–Crippen LogP) is 4.55. The largest absolute Gasteiger partial charge is 0.506 e. The Hall–Kier alpha value is -2.07. The highest BCUT2D eigenvalue weighted by Crippen LogP contribution is 2.40. The van der Waals surface area contributed by atoms with Gasteiger partial charge in [0.15, 0.2) is 0 Å². The second-order valence-corrected chi connectivity index (χ2v) is 9.22. The number of anilines is 1. The quantitative estimate of drug-likeness (QED) is 0.489. The minimum atomic E-state index is -0.461. The summed E-state index contributed by atoms with van der Waals surface area (Å²) in [4.78, 5) is 26.1. The van der Waals surface area contributed by atoms with Gasteiger partial charge in [0.2, 0.25) is 5.91 Å². The minimum Gasteiger partial charge on any atom is -0.506 e. The molecule has 0 spiro atoms. The van der Waals surface area contributed by atoms with Crippen LogP contribution in [0.4, 0.5) is 5.69 Å². The van der Waals surface area contributed by atoms with E-state index in [-0.39, 0.29) is 17.6 Å². The molecule has 0 radical (unpaired) electrons. The molecule has 9 heteroatoms. The zero-order chi connectivity index (χ0) is 20.9. The van der Waals surface area contributed by atoms with Crippen molar-refractivity contribution in [1.29, 1.82) is 0 Å². The molecule has 1 atom stereocenters. The molecule has 2 heterocycles. The average molecular weight is 537 g/mol. The summed E-state index contributed by atoms with van der Waals surface area (Å²) in [5, 5.41) is 14.6. The molecular formula is C20H15Br2N3O3S. The van der Waals surface area contributed by atoms with Crippen molar-refractivity contribution in [2.45, 2.75) is 12.4 Å². The molecule has 148 valence electrons. The van der Waals surface area contributed by atoms with E-state index in [1.807, 2.05) is 23.6 Å². The first-order chi connectivity index (χ1) is 13.8. The number of benzene rings is 2. The predicted molar refractivity (Wildman–Crippen MR) is 123 cm³/mol. The van der Waals surface area contributed by atoms with Crippen molar-refractivity contribution < 1.29 is 14.7 Å². The molecule has 29 heavy (non-hydrogen) atoms. The van der Waals surface area contributed by atoms with Crippen LogP contribution in [0.25, 0.3) is 17.3 Å². The number of phenolic OH excluding ortho intramolecular Hbond substituents is 1. The SMILES string of the molecule is CC(=O)N1C(c2ccc3c(c2)C(=Cc2cc(Br)c(O)c(Br)c2)C(=O)N3)=CSC1N. The number of phenols is 1. The number of carbonyl (C=O) groups excluding carboxylic acids is 2. The minimum absolute atomic E-state index is 0.0945. The third-order valence-corrected chi connectivity index (χ3v) is 6.68. The molecule has 2 amide bonds. The molecular weight excluding hydrogens is 522 g/mol. The van der Waals surface area contributed by atoms with Gasteiger partial charge in [-0.15, -0.1) is 0 Å². The highest BCUT2D eigenvalue weighted by molar-refractivity contribution is 9.11. The Kier molecular flexibility index (Phi) is 5.32. The van der Waals surface area contributed by atoms with Crippen LogP contribution in [0.2, 0.25) is 0 Å². The zero-order valence-corrected chi connectivity index (χ0v) is 19.1. The fourth-order valence-corrected chi connectivity index (χ4v) is 5.39. The van der Waals surface area contributed by atoms with Crippen LogP contribution in [0, 0.1) is 0 Å². The van der Waals surface area contributed by atoms with Gasteiger partial charge < -0.3 is 16.2 Å². The lowest BCUT2D eigenvalue weighted by atomic mass is 10.0. The Morgan fingerprint density at radius 1 is 1.28 bits per heavy atom. The van der Waals surface area contributed by atoms with Gasteiger partial charge in [-0.25, -0.2) is 0 Å². The molecule has 0 bridgehead atoms. The molecule has 0 aromatic heterocycles. The monoisotopic (exact) mass is 535 g/mol. The molecule has 6 nitrogen and oxygen atoms in total. The summed E-state index contributed by atoms with van der Waals surface area (Å²) in [7, 11) is 0. The van der Waals surface area contributed by atoms with Gasteiger partial charge in [0, 0.05) is 23.7 Å². The molecule has 4 N–H and O–H groups in total. The molecule has 2 aliphatic rings. The van der Waals surface area contributed by atoms with Gasteiger partial charge in [0.25, 0.3) is 5.91 Å². The summed E-state index contributed by atoms with van der Waals surface area (Å²) < 4.78 is 1.04. The number of hydrogen-bond donors (Lipinski definition) is 3. The Morgan fingerprint density at radius 3 is 2.62 bits per heavy atom. The van der Waals surface area contributed by atoms with Gasteiger partial charge in [-0.2, -0.15) is 0 Å². The van der Waals surface area contributed by atoms with E-state index >= 15 is 0 Å². The first-order valence-corrected chi connectivity index (χ1v) is 11.1. The second-order valence-electron chi connectivity index (χ2n) is 6.52. The third-order valence-electron chi connectivity index (χ3n) is 4.62. The Labute approximate surface area is 188 Å². The fourth-order valence-electron chi connectivity index (χ4n) is 3.27. The van der Waals surface area contributed by atoms with E-state index in [4.69, 9.17) is 5.73 Å². The van der Waals surface area contributed by atoms with Gasteiger partial charge in [-0.3, -0.25) is 14.5 Å². The maximum atomic E-state index is 12.6. The number of nitrogens with one attached hydrogen (secondary N) is 1. The van der Waals surface area contributed by atoms with Gasteiger partial charge in [0.05, 0.1) is 14.6 Å². The van der Waals surface area contributed by atoms with Crippen molar-refractivity contribution in [2.24, 2.45) is 5.73 Å². The van der Waals surface area contributed by atoms with Crippen LogP contribution in [-0.2, 0) is 9.59 Å². The van der Waals surface area contributed by atoms with Gasteiger partial charge in [0.1, 0.15) is 11.2 Å². The first-order valence-electron chi connectivity index (χ1n) is 8.53. The smallest absolute Gasteiger partial charge is 0.256 e. The van der Waals surface area contributed by atoms with Crippen LogP contribution in [0.5, 0.6) is 5.75 Å². The summed E-state index contributed by atoms with van der Waals surface area (Å²) in [6, 6.07) is 9.02. The van der Waals surface area contributed by atoms with Crippen LogP contribution in [0.15, 0.2) is 44.7 Å². The highest BCUT2D eigenvalue weighted by atomic mass is 79.9. The molecule has 0 aliphatic carbocycles. The Morgan fingerprint density at radius 2 is 1.97 bits per heavy atom. The van der Waals surface area contributed by atoms with E-state index in [1.165, 1.54) is 23.6 Å². The maximum Gasteiger partial charge on any atom is 0.256 e. The van der Waals surface area contributed by atoms with Gasteiger partial charge in [-0.05, 0) is 78.7 Å². The molecule has 0 saturated carbocycles. The Balaban J connectivity index is 1.78. The van der Waals surface area contributed by atoms with Crippen LogP contribution in [0.3, 0.4) is 0 Å². The number of thioether (sulfide) groups is 1. The number of rotatable bonds is 2. The molecule has 2 aromatic carbocycles. The number of aromatic hydroxyl groups is 1. The van der Waals surface area contributed by atoms with Crippen LogP contribution < -0.4 is 11.1 Å². The second kappa shape index (κ2) is 7.64. The van der Waals surface area contributed by atoms with E-state index in [2.05, 4.69) is 37.2 Å². The number of amides is 2. The number of nitrogens with two attached hydrogens (primary N) is 1. The lowest BCUT2D eigenvalue weighted by molar-refractivity contribution is -0.126. The zero-order valence-electron chi connectivity index (χ0n) is 15.1. The van der Waals surface area contributed by atoms with Crippen LogP contribution in [-0.4, -0.2) is 27.3 Å². The average Bonchev–Trinajstić information content (AvgIpc) is 3.19. The molecule has 0 saturated heterocycles. The highest BCUT2D eigenvalue weighted by Gasteiger charge is 2.30. The topological polar surface area (TPSA) is 95.7 Å². The van der Waals surface area contributed by atoms with Gasteiger partial charge >= 0.3 is 0 Å². The number of halogens is 2. The van der Waals surface area contributed by atoms with Crippen molar-refractivity contribution >= 4 is 78.5 Å². The summed E-state index contributed by atoms with van der Waals surface area (Å²) >= 11 is 7.98. The van der Waals surface area contributed by atoms with E-state index in [0.717, 1.165) is 16.7 Å². The van der Waals surface area contributed by atoms with Crippen molar-refractivity contribution in [3.63, 3.8) is 0 Å². The molecule has 2 aromatic rings. The van der Waals surface area contributed by atoms with E-state index in [1.54, 1.807) is 18.2 Å². The summed E-state index contributed by atoms with van der Waals surface area (Å²) in [5.41, 5.74) is 9.76. The number of hydrogen-bond acceptors (Lipinski definition) is 5. The fraction of sp³-hybridized carbons (Fsp3) is 0.100. The first kappa shape index (κ1) is 20.2. The van der Waals surface area contributed by atoms with E-state index in [0.29, 0.717) is 25.9 Å². The normalized spacial score (nSPS) is 19.4. The lowest BCUT2D eigenvalue weighted by Crippen LogP contribution is -2.38. The van der Waals surface area contributed by atoms with Crippen LogP contribution in [0.1, 0.15) is 23.6 Å². The summed E-state index contributed by atoms with van der Waals surface area (Å²) in [6.07, 6.45) is 1.76.